The fraction of sp³-hybridized carbons (Fsp3) is 0.500. The Morgan fingerprint density at radius 2 is 1.67 bits per heavy atom. The molecule has 0 spiro atoms. The van der Waals surface area contributed by atoms with Gasteiger partial charge >= 0.3 is 0 Å². The van der Waals surface area contributed by atoms with Gasteiger partial charge in [-0.2, -0.15) is 4.37 Å². The standard InChI is InChI=1S/C24H35N5O3S/c1-13(2)12-17(22(31)27-24(5,6)7)29(16-10-8-15(9-11-16)14(3)4)23(32)20-18(25)19(21(26)30)28-33-20/h8-11,13-14,17H,12,25H2,1-7H3,(H2,26,30)(H,27,31). The molecule has 0 aliphatic heterocycles. The van der Waals surface area contributed by atoms with E-state index in [1.165, 1.54) is 4.90 Å². The Bertz CT molecular complexity index is 1010. The summed E-state index contributed by atoms with van der Waals surface area (Å²) in [5.41, 5.74) is 12.4. The molecule has 0 saturated carbocycles. The van der Waals surface area contributed by atoms with Crippen LogP contribution in [0.2, 0.25) is 0 Å². The van der Waals surface area contributed by atoms with E-state index in [-0.39, 0.29) is 28.1 Å². The highest BCUT2D eigenvalue weighted by Crippen LogP contribution is 2.30. The van der Waals surface area contributed by atoms with Crippen LogP contribution in [0.1, 0.15) is 86.5 Å². The van der Waals surface area contributed by atoms with E-state index in [9.17, 15) is 14.4 Å². The molecule has 0 fully saturated rings. The van der Waals surface area contributed by atoms with Crippen LogP contribution in [0.4, 0.5) is 11.4 Å². The fourth-order valence-corrected chi connectivity index (χ4v) is 4.17. The first-order chi connectivity index (χ1) is 15.2. The Kier molecular flexibility index (Phi) is 8.24. The number of hydrogen-bond donors (Lipinski definition) is 3. The summed E-state index contributed by atoms with van der Waals surface area (Å²) in [4.78, 5) is 40.4. The summed E-state index contributed by atoms with van der Waals surface area (Å²) in [6, 6.07) is 6.76. The number of carbonyl (C=O) groups excluding carboxylic acids is 3. The van der Waals surface area contributed by atoms with Gasteiger partial charge in [-0.15, -0.1) is 0 Å². The van der Waals surface area contributed by atoms with Crippen molar-refractivity contribution >= 4 is 40.6 Å². The second kappa shape index (κ2) is 10.3. The van der Waals surface area contributed by atoms with Crippen LogP contribution in [0.15, 0.2) is 24.3 Å². The van der Waals surface area contributed by atoms with Gasteiger partial charge in [0.25, 0.3) is 11.8 Å². The van der Waals surface area contributed by atoms with Crippen molar-refractivity contribution in [2.75, 3.05) is 10.6 Å². The molecular weight excluding hydrogens is 438 g/mol. The molecule has 8 nitrogen and oxygen atoms in total. The third kappa shape index (κ3) is 6.54. The number of amides is 3. The van der Waals surface area contributed by atoms with E-state index in [0.29, 0.717) is 18.0 Å². The molecule has 0 bridgehead atoms. The normalized spacial score (nSPS) is 12.6. The summed E-state index contributed by atoms with van der Waals surface area (Å²) in [5.74, 6) is -1.12. The summed E-state index contributed by atoms with van der Waals surface area (Å²) in [6.45, 7) is 13.8. The minimum atomic E-state index is -0.806. The molecule has 1 aromatic carbocycles. The number of rotatable bonds is 8. The van der Waals surface area contributed by atoms with Crippen molar-refractivity contribution in [2.45, 2.75) is 72.4 Å². The molecule has 180 valence electrons. The molecule has 1 heterocycles. The quantitative estimate of drug-likeness (QED) is 0.535. The van der Waals surface area contributed by atoms with Crippen LogP contribution in [0, 0.1) is 5.92 Å². The zero-order valence-corrected chi connectivity index (χ0v) is 21.2. The minimum absolute atomic E-state index is 0.0687. The Labute approximate surface area is 199 Å². The molecule has 33 heavy (non-hydrogen) atoms. The molecule has 1 unspecified atom stereocenters. The number of nitrogens with one attached hydrogen (secondary N) is 1. The van der Waals surface area contributed by atoms with Crippen LogP contribution in [0.3, 0.4) is 0 Å². The lowest BCUT2D eigenvalue weighted by Gasteiger charge is -2.34. The zero-order chi connectivity index (χ0) is 25.1. The summed E-state index contributed by atoms with van der Waals surface area (Å²) < 4.78 is 3.97. The lowest BCUT2D eigenvalue weighted by molar-refractivity contribution is -0.124. The molecule has 0 aliphatic carbocycles. The molecule has 9 heteroatoms. The lowest BCUT2D eigenvalue weighted by Crippen LogP contribution is -2.54. The molecule has 1 atom stereocenters. The van der Waals surface area contributed by atoms with E-state index in [1.807, 2.05) is 58.9 Å². The maximum Gasteiger partial charge on any atom is 0.272 e. The second-order valence-corrected chi connectivity index (χ2v) is 10.7. The van der Waals surface area contributed by atoms with Gasteiger partial charge in [0.15, 0.2) is 5.69 Å². The average Bonchev–Trinajstić information content (AvgIpc) is 3.07. The van der Waals surface area contributed by atoms with Crippen molar-refractivity contribution in [1.29, 1.82) is 0 Å². The SMILES string of the molecule is CC(C)CC(C(=O)NC(C)(C)C)N(C(=O)c1snc(C(N)=O)c1N)c1ccc(C(C)C)cc1. The van der Waals surface area contributed by atoms with E-state index in [0.717, 1.165) is 17.1 Å². The monoisotopic (exact) mass is 473 g/mol. The molecule has 2 aromatic rings. The molecule has 0 radical (unpaired) electrons. The van der Waals surface area contributed by atoms with Crippen molar-refractivity contribution in [3.05, 3.63) is 40.4 Å². The summed E-state index contributed by atoms with van der Waals surface area (Å²) >= 11 is 0.806. The van der Waals surface area contributed by atoms with Crippen LogP contribution in [-0.2, 0) is 4.79 Å². The van der Waals surface area contributed by atoms with Crippen molar-refractivity contribution in [3.8, 4) is 0 Å². The summed E-state index contributed by atoms with van der Waals surface area (Å²) in [5, 5.41) is 3.00. The number of anilines is 2. The van der Waals surface area contributed by atoms with Gasteiger partial charge in [-0.1, -0.05) is 39.8 Å². The van der Waals surface area contributed by atoms with Crippen LogP contribution >= 0.6 is 11.5 Å². The Balaban J connectivity index is 2.64. The number of nitrogen functional groups attached to an aromatic ring is 1. The van der Waals surface area contributed by atoms with Gasteiger partial charge < -0.3 is 16.8 Å². The Morgan fingerprint density at radius 1 is 1.09 bits per heavy atom. The van der Waals surface area contributed by atoms with Crippen molar-refractivity contribution in [3.63, 3.8) is 0 Å². The average molecular weight is 474 g/mol. The number of aromatic nitrogens is 1. The smallest absolute Gasteiger partial charge is 0.272 e. The topological polar surface area (TPSA) is 131 Å². The molecule has 1 aromatic heterocycles. The van der Waals surface area contributed by atoms with Gasteiger partial charge in [0.05, 0.1) is 5.69 Å². The third-order valence-corrected chi connectivity index (χ3v) is 5.87. The van der Waals surface area contributed by atoms with Gasteiger partial charge in [-0.05, 0) is 68.3 Å². The van der Waals surface area contributed by atoms with Gasteiger partial charge in [0.2, 0.25) is 5.91 Å². The molecule has 3 amide bonds. The van der Waals surface area contributed by atoms with Crippen molar-refractivity contribution in [2.24, 2.45) is 11.7 Å². The first-order valence-electron chi connectivity index (χ1n) is 11.0. The van der Waals surface area contributed by atoms with Crippen LogP contribution in [0.5, 0.6) is 0 Å². The zero-order valence-electron chi connectivity index (χ0n) is 20.4. The maximum atomic E-state index is 13.8. The highest BCUT2D eigenvalue weighted by molar-refractivity contribution is 7.09. The van der Waals surface area contributed by atoms with Crippen LogP contribution < -0.4 is 21.7 Å². The van der Waals surface area contributed by atoms with Gasteiger partial charge in [0.1, 0.15) is 10.9 Å². The second-order valence-electron chi connectivity index (χ2n) is 9.94. The summed E-state index contributed by atoms with van der Waals surface area (Å²) in [6.07, 6.45) is 0.432. The lowest BCUT2D eigenvalue weighted by atomic mass is 9.98. The number of benzene rings is 1. The number of nitrogens with zero attached hydrogens (tertiary/aromatic N) is 2. The van der Waals surface area contributed by atoms with E-state index in [1.54, 1.807) is 0 Å². The molecule has 5 N–H and O–H groups in total. The fourth-order valence-electron chi connectivity index (χ4n) is 3.43. The predicted molar refractivity (Wildman–Crippen MR) is 134 cm³/mol. The largest absolute Gasteiger partial charge is 0.395 e. The summed E-state index contributed by atoms with van der Waals surface area (Å²) in [7, 11) is 0. The van der Waals surface area contributed by atoms with Crippen molar-refractivity contribution in [1.82, 2.24) is 9.69 Å². The molecule has 2 rings (SSSR count). The van der Waals surface area contributed by atoms with E-state index < -0.39 is 23.4 Å². The van der Waals surface area contributed by atoms with E-state index in [2.05, 4.69) is 23.5 Å². The number of primary amides is 1. The van der Waals surface area contributed by atoms with E-state index >= 15 is 0 Å². The Hall–Kier alpha value is -2.94. The highest BCUT2D eigenvalue weighted by atomic mass is 32.1. The number of carbonyl (C=O) groups is 3. The number of hydrogen-bond acceptors (Lipinski definition) is 6. The predicted octanol–water partition coefficient (Wildman–Crippen LogP) is 3.92. The maximum absolute atomic E-state index is 13.8. The van der Waals surface area contributed by atoms with Gasteiger partial charge in [0, 0.05) is 11.2 Å². The number of nitrogens with two attached hydrogens (primary N) is 2. The molecule has 0 aliphatic rings. The van der Waals surface area contributed by atoms with Gasteiger partial charge in [-0.3, -0.25) is 19.3 Å². The van der Waals surface area contributed by atoms with Gasteiger partial charge in [-0.25, -0.2) is 0 Å². The van der Waals surface area contributed by atoms with Crippen molar-refractivity contribution < 1.29 is 14.4 Å². The van der Waals surface area contributed by atoms with E-state index in [4.69, 9.17) is 11.5 Å². The highest BCUT2D eigenvalue weighted by Gasteiger charge is 2.36. The Morgan fingerprint density at radius 3 is 2.09 bits per heavy atom. The first kappa shape index (κ1) is 26.3. The molecule has 0 saturated heterocycles. The minimum Gasteiger partial charge on any atom is -0.395 e. The van der Waals surface area contributed by atoms with Crippen LogP contribution in [-0.4, -0.2) is 33.7 Å². The van der Waals surface area contributed by atoms with Crippen LogP contribution in [0.25, 0.3) is 0 Å². The molecular formula is C24H35N5O3S. The first-order valence-corrected chi connectivity index (χ1v) is 11.8. The third-order valence-electron chi connectivity index (χ3n) is 5.02.